The molecule has 0 unspecified atom stereocenters. The van der Waals surface area contributed by atoms with Crippen LogP contribution in [0.2, 0.25) is 0 Å². The highest BCUT2D eigenvalue weighted by atomic mass is 16.1. The van der Waals surface area contributed by atoms with E-state index in [0.717, 1.165) is 12.1 Å². The van der Waals surface area contributed by atoms with E-state index in [1.54, 1.807) is 0 Å². The minimum absolute atomic E-state index is 0.170. The van der Waals surface area contributed by atoms with E-state index < -0.39 is 0 Å². The van der Waals surface area contributed by atoms with Crippen molar-refractivity contribution in [2.24, 2.45) is 0 Å². The highest BCUT2D eigenvalue weighted by Crippen LogP contribution is 2.27. The van der Waals surface area contributed by atoms with Gasteiger partial charge in [-0.25, -0.2) is 0 Å². The van der Waals surface area contributed by atoms with Gasteiger partial charge in [-0.1, -0.05) is 0 Å². The number of carbonyl (C=O) groups excluding carboxylic acids is 1. The molecule has 122 valence electrons. The first kappa shape index (κ1) is 15.5. The molecule has 2 fully saturated rings. The number of carbonyl (C=O) groups is 1. The SMILES string of the molecule is Cc1nn(CCC(=O)N[C@H]2CCCN3CCC[C@@H]23)c(C)c1C. The molecule has 0 bridgehead atoms. The molecule has 1 amide bonds. The van der Waals surface area contributed by atoms with E-state index in [-0.39, 0.29) is 5.91 Å². The van der Waals surface area contributed by atoms with Gasteiger partial charge in [-0.15, -0.1) is 0 Å². The van der Waals surface area contributed by atoms with Crippen molar-refractivity contribution in [3.63, 3.8) is 0 Å². The van der Waals surface area contributed by atoms with Crippen LogP contribution in [0.15, 0.2) is 0 Å². The summed E-state index contributed by atoms with van der Waals surface area (Å²) >= 11 is 0. The zero-order valence-corrected chi connectivity index (χ0v) is 14.1. The number of hydrogen-bond donors (Lipinski definition) is 1. The molecule has 3 rings (SSSR count). The number of nitrogens with one attached hydrogen (secondary N) is 1. The number of amides is 1. The zero-order chi connectivity index (χ0) is 15.7. The summed E-state index contributed by atoms with van der Waals surface area (Å²) in [6, 6.07) is 0.930. The number of aromatic nitrogens is 2. The van der Waals surface area contributed by atoms with E-state index in [9.17, 15) is 4.79 Å². The second kappa shape index (κ2) is 6.41. The summed E-state index contributed by atoms with van der Waals surface area (Å²) in [6.07, 6.45) is 5.37. The van der Waals surface area contributed by atoms with Gasteiger partial charge in [0.1, 0.15) is 0 Å². The summed E-state index contributed by atoms with van der Waals surface area (Å²) in [4.78, 5) is 14.9. The van der Waals surface area contributed by atoms with Gasteiger partial charge in [-0.3, -0.25) is 14.4 Å². The van der Waals surface area contributed by atoms with Gasteiger partial charge in [0.05, 0.1) is 5.69 Å². The minimum atomic E-state index is 0.170. The molecule has 0 aliphatic carbocycles. The molecule has 0 spiro atoms. The molecule has 0 saturated carbocycles. The molecule has 0 aromatic carbocycles. The first-order chi connectivity index (χ1) is 10.6. The Balaban J connectivity index is 1.53. The monoisotopic (exact) mass is 304 g/mol. The molecule has 0 radical (unpaired) electrons. The van der Waals surface area contributed by atoms with Crippen molar-refractivity contribution in [3.8, 4) is 0 Å². The smallest absolute Gasteiger partial charge is 0.222 e. The Hall–Kier alpha value is -1.36. The molecule has 22 heavy (non-hydrogen) atoms. The van der Waals surface area contributed by atoms with E-state index in [1.807, 2.05) is 11.6 Å². The standard InChI is InChI=1S/C17H28N4O/c1-12-13(2)19-21(14(12)3)11-8-17(22)18-15-6-4-9-20-10-5-7-16(15)20/h15-16H,4-11H2,1-3H3,(H,18,22)/t15-,16-/m0/s1. The minimum Gasteiger partial charge on any atom is -0.352 e. The predicted molar refractivity (Wildman–Crippen MR) is 86.8 cm³/mol. The van der Waals surface area contributed by atoms with Crippen LogP contribution < -0.4 is 5.32 Å². The zero-order valence-electron chi connectivity index (χ0n) is 14.1. The largest absolute Gasteiger partial charge is 0.352 e. The second-order valence-electron chi connectivity index (χ2n) is 6.83. The van der Waals surface area contributed by atoms with Crippen LogP contribution in [0.5, 0.6) is 0 Å². The molecule has 1 aromatic heterocycles. The van der Waals surface area contributed by atoms with Crippen molar-refractivity contribution in [2.45, 2.75) is 71.5 Å². The number of rotatable bonds is 4. The Morgan fingerprint density at radius 1 is 1.23 bits per heavy atom. The molecule has 1 aromatic rings. The van der Waals surface area contributed by atoms with E-state index in [4.69, 9.17) is 0 Å². The maximum atomic E-state index is 12.3. The normalized spacial score (nSPS) is 25.2. The van der Waals surface area contributed by atoms with Gasteiger partial charge in [0.2, 0.25) is 5.91 Å². The fourth-order valence-electron chi connectivity index (χ4n) is 3.95. The van der Waals surface area contributed by atoms with Crippen molar-refractivity contribution in [3.05, 3.63) is 17.0 Å². The number of aryl methyl sites for hydroxylation is 2. The van der Waals surface area contributed by atoms with Crippen LogP contribution in [-0.2, 0) is 11.3 Å². The maximum Gasteiger partial charge on any atom is 0.222 e. The van der Waals surface area contributed by atoms with Crippen molar-refractivity contribution in [1.29, 1.82) is 0 Å². The van der Waals surface area contributed by atoms with Crippen molar-refractivity contribution in [2.75, 3.05) is 13.1 Å². The van der Waals surface area contributed by atoms with Gasteiger partial charge in [0, 0.05) is 30.7 Å². The Kier molecular flexibility index (Phi) is 4.52. The lowest BCUT2D eigenvalue weighted by molar-refractivity contribution is -0.122. The van der Waals surface area contributed by atoms with Crippen LogP contribution >= 0.6 is 0 Å². The van der Waals surface area contributed by atoms with Crippen LogP contribution in [0.3, 0.4) is 0 Å². The fourth-order valence-corrected chi connectivity index (χ4v) is 3.95. The molecule has 2 atom stereocenters. The van der Waals surface area contributed by atoms with Gasteiger partial charge in [-0.05, 0) is 65.1 Å². The van der Waals surface area contributed by atoms with E-state index in [0.29, 0.717) is 25.0 Å². The summed E-state index contributed by atoms with van der Waals surface area (Å²) in [6.45, 7) is 9.28. The Morgan fingerprint density at radius 3 is 2.64 bits per heavy atom. The first-order valence-electron chi connectivity index (χ1n) is 8.60. The third-order valence-corrected chi connectivity index (χ3v) is 5.48. The topological polar surface area (TPSA) is 50.2 Å². The lowest BCUT2D eigenvalue weighted by Crippen LogP contribution is -2.52. The summed E-state index contributed by atoms with van der Waals surface area (Å²) in [5.74, 6) is 0.170. The first-order valence-corrected chi connectivity index (χ1v) is 8.60. The molecular formula is C17H28N4O. The average Bonchev–Trinajstić information content (AvgIpc) is 3.07. The van der Waals surface area contributed by atoms with Gasteiger partial charge in [0.25, 0.3) is 0 Å². The van der Waals surface area contributed by atoms with Crippen molar-refractivity contribution >= 4 is 5.91 Å². The summed E-state index contributed by atoms with van der Waals surface area (Å²) in [5.41, 5.74) is 3.46. The van der Waals surface area contributed by atoms with Crippen molar-refractivity contribution in [1.82, 2.24) is 20.0 Å². The maximum absolute atomic E-state index is 12.3. The highest BCUT2D eigenvalue weighted by molar-refractivity contribution is 5.76. The van der Waals surface area contributed by atoms with Crippen LogP contribution in [0.25, 0.3) is 0 Å². The predicted octanol–water partition coefficient (Wildman–Crippen LogP) is 1.94. The van der Waals surface area contributed by atoms with E-state index in [1.165, 1.54) is 43.6 Å². The fraction of sp³-hybridized carbons (Fsp3) is 0.765. The number of nitrogens with zero attached hydrogens (tertiary/aromatic N) is 3. The molecule has 2 saturated heterocycles. The summed E-state index contributed by atoms with van der Waals surface area (Å²) in [5, 5.41) is 7.79. The highest BCUT2D eigenvalue weighted by Gasteiger charge is 2.35. The molecule has 1 N–H and O–H groups in total. The molecule has 5 nitrogen and oxygen atoms in total. The third-order valence-electron chi connectivity index (χ3n) is 5.48. The second-order valence-corrected chi connectivity index (χ2v) is 6.83. The van der Waals surface area contributed by atoms with Gasteiger partial charge >= 0.3 is 0 Å². The Labute approximate surface area is 133 Å². The number of piperidine rings is 1. The van der Waals surface area contributed by atoms with Gasteiger partial charge in [0.15, 0.2) is 0 Å². The van der Waals surface area contributed by atoms with Crippen LogP contribution in [0, 0.1) is 20.8 Å². The van der Waals surface area contributed by atoms with Gasteiger partial charge in [-0.2, -0.15) is 5.10 Å². The lowest BCUT2D eigenvalue weighted by atomic mass is 9.96. The third kappa shape index (κ3) is 3.05. The number of fused-ring (bicyclic) bond motifs is 1. The van der Waals surface area contributed by atoms with Crippen LogP contribution in [0.1, 0.15) is 49.1 Å². The van der Waals surface area contributed by atoms with Crippen LogP contribution in [-0.4, -0.2) is 45.8 Å². The Bertz CT molecular complexity index is 551. The Morgan fingerprint density at radius 2 is 1.95 bits per heavy atom. The molecule has 5 heteroatoms. The quantitative estimate of drug-likeness (QED) is 0.925. The molecule has 3 heterocycles. The molecule has 2 aliphatic rings. The lowest BCUT2D eigenvalue weighted by Gasteiger charge is -2.37. The van der Waals surface area contributed by atoms with E-state index in [2.05, 4.69) is 29.2 Å². The number of hydrogen-bond acceptors (Lipinski definition) is 3. The summed E-state index contributed by atoms with van der Waals surface area (Å²) in [7, 11) is 0. The average molecular weight is 304 g/mol. The van der Waals surface area contributed by atoms with E-state index >= 15 is 0 Å². The summed E-state index contributed by atoms with van der Waals surface area (Å²) < 4.78 is 1.97. The van der Waals surface area contributed by atoms with Crippen molar-refractivity contribution < 1.29 is 4.79 Å². The van der Waals surface area contributed by atoms with Gasteiger partial charge < -0.3 is 5.32 Å². The van der Waals surface area contributed by atoms with Crippen LogP contribution in [0.4, 0.5) is 0 Å². The molecule has 2 aliphatic heterocycles. The molecular weight excluding hydrogens is 276 g/mol.